The van der Waals surface area contributed by atoms with Gasteiger partial charge in [-0.25, -0.2) is 9.37 Å². The third-order valence-corrected chi connectivity index (χ3v) is 4.14. The Morgan fingerprint density at radius 1 is 1.23 bits per heavy atom. The summed E-state index contributed by atoms with van der Waals surface area (Å²) in [5.74, 6) is -1.67. The van der Waals surface area contributed by atoms with Gasteiger partial charge in [-0.3, -0.25) is 4.79 Å². The summed E-state index contributed by atoms with van der Waals surface area (Å²) in [5, 5.41) is 2.54. The predicted octanol–water partition coefficient (Wildman–Crippen LogP) is 4.32. The maximum atomic E-state index is 14.2. The first-order valence-corrected chi connectivity index (χ1v) is 8.43. The van der Waals surface area contributed by atoms with E-state index in [1.54, 1.807) is 0 Å². The van der Waals surface area contributed by atoms with Crippen LogP contribution in [0.3, 0.4) is 0 Å². The van der Waals surface area contributed by atoms with Crippen molar-refractivity contribution in [3.63, 3.8) is 0 Å². The van der Waals surface area contributed by atoms with Crippen LogP contribution in [-0.2, 0) is 15.7 Å². The van der Waals surface area contributed by atoms with Gasteiger partial charge in [-0.15, -0.1) is 24.8 Å². The Bertz CT molecular complexity index is 854. The molecule has 0 unspecified atom stereocenters. The molecule has 0 spiro atoms. The highest BCUT2D eigenvalue weighted by atomic mass is 35.5. The van der Waals surface area contributed by atoms with Crippen LogP contribution in [0.5, 0.6) is 11.6 Å². The Morgan fingerprint density at radius 2 is 1.97 bits per heavy atom. The molecule has 1 saturated heterocycles. The lowest BCUT2D eigenvalue weighted by Crippen LogP contribution is -2.29. The van der Waals surface area contributed by atoms with Gasteiger partial charge in [0.15, 0.2) is 11.6 Å². The molecule has 1 fully saturated rings. The van der Waals surface area contributed by atoms with Gasteiger partial charge in [-0.1, -0.05) is 0 Å². The van der Waals surface area contributed by atoms with Crippen molar-refractivity contribution in [2.45, 2.75) is 31.2 Å². The van der Waals surface area contributed by atoms with Crippen LogP contribution < -0.4 is 15.8 Å². The van der Waals surface area contributed by atoms with Crippen molar-refractivity contribution >= 4 is 36.4 Å². The van der Waals surface area contributed by atoms with Crippen LogP contribution >= 0.6 is 24.8 Å². The molecular formula is C18H19Cl2F4N3O3. The van der Waals surface area contributed by atoms with Crippen molar-refractivity contribution in [2.24, 2.45) is 5.73 Å². The van der Waals surface area contributed by atoms with Crippen molar-refractivity contribution in [3.05, 3.63) is 47.9 Å². The highest BCUT2D eigenvalue weighted by Crippen LogP contribution is 2.31. The summed E-state index contributed by atoms with van der Waals surface area (Å²) in [6.07, 6.45) is -3.54. The van der Waals surface area contributed by atoms with E-state index >= 15 is 0 Å². The zero-order valence-electron chi connectivity index (χ0n) is 15.3. The fraction of sp³-hybridized carbons (Fsp3) is 0.333. The molecule has 30 heavy (non-hydrogen) atoms. The minimum absolute atomic E-state index is 0. The quantitative estimate of drug-likeness (QED) is 0.634. The number of hydrogen-bond acceptors (Lipinski definition) is 5. The highest BCUT2D eigenvalue weighted by molar-refractivity contribution is 5.94. The lowest BCUT2D eigenvalue weighted by molar-refractivity contribution is -0.137. The first-order chi connectivity index (χ1) is 13.3. The standard InChI is InChI=1S/C18H17F4N3O3.2ClH/c19-13-7-11(25-17(26)15-5-3-12(8-23)27-15)2-4-14(13)28-16-6-1-10(9-24-16)18(20,21)22;;/h1-2,4,6-7,9,12,15H,3,5,8,23H2,(H,25,26);2*1H/t12-,15+;;/m1../s1. The van der Waals surface area contributed by atoms with Crippen LogP contribution in [0.2, 0.25) is 0 Å². The second-order valence-electron chi connectivity index (χ2n) is 6.18. The van der Waals surface area contributed by atoms with Gasteiger partial charge in [0.2, 0.25) is 5.88 Å². The van der Waals surface area contributed by atoms with E-state index in [1.807, 2.05) is 0 Å². The molecule has 1 aliphatic heterocycles. The number of nitrogens with one attached hydrogen (secondary N) is 1. The number of benzene rings is 1. The van der Waals surface area contributed by atoms with Crippen LogP contribution in [0.4, 0.5) is 23.2 Å². The number of carbonyl (C=O) groups is 1. The van der Waals surface area contributed by atoms with Crippen molar-refractivity contribution < 1.29 is 31.8 Å². The fourth-order valence-electron chi connectivity index (χ4n) is 2.68. The largest absolute Gasteiger partial charge is 0.436 e. The van der Waals surface area contributed by atoms with Crippen LogP contribution in [0.1, 0.15) is 18.4 Å². The van der Waals surface area contributed by atoms with Gasteiger partial charge in [0, 0.05) is 30.6 Å². The summed E-state index contributed by atoms with van der Waals surface area (Å²) >= 11 is 0. The van der Waals surface area contributed by atoms with E-state index in [4.69, 9.17) is 15.2 Å². The summed E-state index contributed by atoms with van der Waals surface area (Å²) in [4.78, 5) is 15.7. The third kappa shape index (κ3) is 6.43. The van der Waals surface area contributed by atoms with Crippen molar-refractivity contribution in [1.29, 1.82) is 0 Å². The average molecular weight is 472 g/mol. The maximum Gasteiger partial charge on any atom is 0.417 e. The molecule has 2 atom stereocenters. The monoisotopic (exact) mass is 471 g/mol. The number of nitrogens with zero attached hydrogens (tertiary/aromatic N) is 1. The molecule has 2 aromatic rings. The summed E-state index contributed by atoms with van der Waals surface area (Å²) in [6, 6.07) is 5.44. The second kappa shape index (κ2) is 10.8. The lowest BCUT2D eigenvalue weighted by Gasteiger charge is -2.13. The number of pyridine rings is 1. The Labute approximate surface area is 182 Å². The maximum absolute atomic E-state index is 14.2. The smallest absolute Gasteiger partial charge is 0.417 e. The van der Waals surface area contributed by atoms with Gasteiger partial charge in [0.25, 0.3) is 5.91 Å². The Morgan fingerprint density at radius 3 is 2.50 bits per heavy atom. The molecule has 0 radical (unpaired) electrons. The highest BCUT2D eigenvalue weighted by Gasteiger charge is 2.31. The van der Waals surface area contributed by atoms with Gasteiger partial charge >= 0.3 is 6.18 Å². The van der Waals surface area contributed by atoms with Crippen molar-refractivity contribution in [2.75, 3.05) is 11.9 Å². The number of nitrogens with two attached hydrogens (primary N) is 1. The lowest BCUT2D eigenvalue weighted by atomic mass is 10.2. The fourth-order valence-corrected chi connectivity index (χ4v) is 2.68. The molecule has 1 amide bonds. The zero-order chi connectivity index (χ0) is 20.3. The van der Waals surface area contributed by atoms with E-state index in [0.29, 0.717) is 25.6 Å². The number of aromatic nitrogens is 1. The summed E-state index contributed by atoms with van der Waals surface area (Å²) in [7, 11) is 0. The molecule has 3 rings (SSSR count). The Kier molecular flexibility index (Phi) is 9.29. The first kappa shape index (κ1) is 25.9. The van der Waals surface area contributed by atoms with E-state index < -0.39 is 29.6 Å². The number of amides is 1. The van der Waals surface area contributed by atoms with Crippen molar-refractivity contribution in [1.82, 2.24) is 4.98 Å². The molecule has 0 bridgehead atoms. The van der Waals surface area contributed by atoms with E-state index in [1.165, 1.54) is 12.1 Å². The molecule has 1 aromatic carbocycles. The molecule has 2 heterocycles. The predicted molar refractivity (Wildman–Crippen MR) is 106 cm³/mol. The number of ether oxygens (including phenoxy) is 2. The topological polar surface area (TPSA) is 86.5 Å². The first-order valence-electron chi connectivity index (χ1n) is 8.43. The number of anilines is 1. The van der Waals surface area contributed by atoms with Gasteiger partial charge in [-0.2, -0.15) is 13.2 Å². The van der Waals surface area contributed by atoms with E-state index in [-0.39, 0.29) is 48.2 Å². The molecule has 0 saturated carbocycles. The number of hydrogen-bond donors (Lipinski definition) is 2. The summed E-state index contributed by atoms with van der Waals surface area (Å²) in [5.41, 5.74) is 4.75. The number of halogens is 6. The van der Waals surface area contributed by atoms with Crippen LogP contribution in [-0.4, -0.2) is 29.6 Å². The van der Waals surface area contributed by atoms with Gasteiger partial charge in [-0.05, 0) is 31.0 Å². The molecule has 3 N–H and O–H groups in total. The van der Waals surface area contributed by atoms with E-state index in [9.17, 15) is 22.4 Å². The van der Waals surface area contributed by atoms with Crippen LogP contribution in [0, 0.1) is 5.82 Å². The van der Waals surface area contributed by atoms with E-state index in [2.05, 4.69) is 10.3 Å². The minimum Gasteiger partial charge on any atom is -0.436 e. The van der Waals surface area contributed by atoms with E-state index in [0.717, 1.165) is 18.2 Å². The summed E-state index contributed by atoms with van der Waals surface area (Å²) < 4.78 is 62.4. The Hall–Kier alpha value is -2.14. The number of carbonyl (C=O) groups excluding carboxylic acids is 1. The average Bonchev–Trinajstić information content (AvgIpc) is 3.13. The van der Waals surface area contributed by atoms with Gasteiger partial charge in [0.05, 0.1) is 11.7 Å². The number of alkyl halides is 3. The Balaban J connectivity index is 0.00000225. The zero-order valence-corrected chi connectivity index (χ0v) is 17.0. The normalized spacial score (nSPS) is 18.2. The molecule has 1 aromatic heterocycles. The second-order valence-corrected chi connectivity index (χ2v) is 6.18. The van der Waals surface area contributed by atoms with Crippen LogP contribution in [0.25, 0.3) is 0 Å². The number of rotatable bonds is 5. The molecule has 12 heteroatoms. The van der Waals surface area contributed by atoms with Gasteiger partial charge in [0.1, 0.15) is 6.10 Å². The van der Waals surface area contributed by atoms with Gasteiger partial charge < -0.3 is 20.5 Å². The minimum atomic E-state index is -4.52. The van der Waals surface area contributed by atoms with Crippen molar-refractivity contribution in [3.8, 4) is 11.6 Å². The summed E-state index contributed by atoms with van der Waals surface area (Å²) in [6.45, 7) is 0.322. The molecule has 6 nitrogen and oxygen atoms in total. The SMILES string of the molecule is Cl.Cl.NC[C@H]1CC[C@@H](C(=O)Nc2ccc(Oc3ccc(C(F)(F)F)cn3)c(F)c2)O1. The van der Waals surface area contributed by atoms with Crippen LogP contribution in [0.15, 0.2) is 36.5 Å². The molecule has 1 aliphatic rings. The molecule has 166 valence electrons. The molecular weight excluding hydrogens is 453 g/mol. The third-order valence-electron chi connectivity index (χ3n) is 4.14. The molecule has 0 aliphatic carbocycles.